The molecule has 33 heavy (non-hydrogen) atoms. The predicted octanol–water partition coefficient (Wildman–Crippen LogP) is 4.18. The van der Waals surface area contributed by atoms with Gasteiger partial charge in [-0.2, -0.15) is 0 Å². The minimum Gasteiger partial charge on any atom is -0.497 e. The molecule has 0 saturated carbocycles. The first-order chi connectivity index (χ1) is 15.8. The lowest BCUT2D eigenvalue weighted by atomic mass is 10.0. The number of carboxylic acids is 1. The van der Waals surface area contributed by atoms with Crippen LogP contribution in [0.4, 0.5) is 13.8 Å². The lowest BCUT2D eigenvalue weighted by Gasteiger charge is -2.27. The van der Waals surface area contributed by atoms with Gasteiger partial charge in [-0.3, -0.25) is 9.59 Å². The first kappa shape index (κ1) is 22.4. The van der Waals surface area contributed by atoms with Gasteiger partial charge in [-0.1, -0.05) is 6.07 Å². The highest BCUT2D eigenvalue weighted by Crippen LogP contribution is 2.38. The van der Waals surface area contributed by atoms with E-state index in [4.69, 9.17) is 4.74 Å². The lowest BCUT2D eigenvalue weighted by Crippen LogP contribution is -2.35. The van der Waals surface area contributed by atoms with Gasteiger partial charge in [0.2, 0.25) is 0 Å². The molecular formula is C23H18F2N2O5S. The molecule has 3 aromatic rings. The number of hydrogen-bond donors (Lipinski definition) is 2. The summed E-state index contributed by atoms with van der Waals surface area (Å²) < 4.78 is 31.9. The Bertz CT molecular complexity index is 1270. The number of amides is 2. The van der Waals surface area contributed by atoms with Crippen molar-refractivity contribution < 1.29 is 33.0 Å². The van der Waals surface area contributed by atoms with Crippen LogP contribution in [0.25, 0.3) is 0 Å². The molecule has 0 saturated heterocycles. The van der Waals surface area contributed by atoms with E-state index in [1.165, 1.54) is 24.1 Å². The van der Waals surface area contributed by atoms with Crippen molar-refractivity contribution in [2.75, 3.05) is 19.0 Å². The Balaban J connectivity index is 1.59. The maximum absolute atomic E-state index is 13.5. The summed E-state index contributed by atoms with van der Waals surface area (Å²) in [7, 11) is 1.47. The molecule has 1 aromatic heterocycles. The third-order valence-corrected chi connectivity index (χ3v) is 6.42. The van der Waals surface area contributed by atoms with Gasteiger partial charge in [-0.15, -0.1) is 11.3 Å². The molecule has 7 nitrogen and oxygen atoms in total. The molecule has 170 valence electrons. The zero-order valence-corrected chi connectivity index (χ0v) is 18.2. The van der Waals surface area contributed by atoms with Crippen LogP contribution in [0.3, 0.4) is 0 Å². The van der Waals surface area contributed by atoms with E-state index in [9.17, 15) is 28.3 Å². The molecule has 1 aliphatic heterocycles. The van der Waals surface area contributed by atoms with Crippen molar-refractivity contribution in [1.82, 2.24) is 4.90 Å². The van der Waals surface area contributed by atoms with Gasteiger partial charge in [0.05, 0.1) is 19.2 Å². The van der Waals surface area contributed by atoms with Crippen molar-refractivity contribution in [1.29, 1.82) is 0 Å². The second-order valence-corrected chi connectivity index (χ2v) is 8.41. The van der Waals surface area contributed by atoms with E-state index in [0.29, 0.717) is 21.8 Å². The maximum Gasteiger partial charge on any atom is 0.339 e. The third-order valence-electron chi connectivity index (χ3n) is 5.28. The minimum absolute atomic E-state index is 0.00100. The Morgan fingerprint density at radius 3 is 2.58 bits per heavy atom. The van der Waals surface area contributed by atoms with E-state index >= 15 is 0 Å². The van der Waals surface area contributed by atoms with Crippen LogP contribution in [0.5, 0.6) is 5.75 Å². The standard InChI is InChI=1S/C23H18F2N2O5S/c1-32-14-4-2-3-12(9-14)20(28)26-21-19(23(30)31)15-7-8-27(11-18(15)33-21)22(29)13-5-6-16(24)17(25)10-13/h2-6,9-10H,7-8,11H2,1H3,(H,26,28)(H,30,31). The predicted molar refractivity (Wildman–Crippen MR) is 117 cm³/mol. The summed E-state index contributed by atoms with van der Waals surface area (Å²) in [6.45, 7) is 0.290. The van der Waals surface area contributed by atoms with Crippen molar-refractivity contribution >= 4 is 34.1 Å². The highest BCUT2D eigenvalue weighted by atomic mass is 32.1. The van der Waals surface area contributed by atoms with Crippen molar-refractivity contribution in [2.24, 2.45) is 0 Å². The molecule has 2 amide bonds. The monoisotopic (exact) mass is 472 g/mol. The summed E-state index contributed by atoms with van der Waals surface area (Å²) in [5.74, 6) is -3.86. The number of carbonyl (C=O) groups is 3. The number of nitrogens with zero attached hydrogens (tertiary/aromatic N) is 1. The Morgan fingerprint density at radius 2 is 1.88 bits per heavy atom. The third kappa shape index (κ3) is 4.42. The fourth-order valence-corrected chi connectivity index (χ4v) is 4.89. The molecule has 2 aromatic carbocycles. The van der Waals surface area contributed by atoms with Crippen molar-refractivity contribution in [3.8, 4) is 5.75 Å². The minimum atomic E-state index is -1.19. The van der Waals surface area contributed by atoms with Crippen molar-refractivity contribution in [3.05, 3.63) is 81.2 Å². The quantitative estimate of drug-likeness (QED) is 0.581. The number of benzene rings is 2. The summed E-state index contributed by atoms with van der Waals surface area (Å²) in [5, 5.41) is 12.6. The van der Waals surface area contributed by atoms with Gasteiger partial charge >= 0.3 is 5.97 Å². The molecule has 0 bridgehead atoms. The van der Waals surface area contributed by atoms with Gasteiger partial charge < -0.3 is 20.1 Å². The summed E-state index contributed by atoms with van der Waals surface area (Å²) in [6.07, 6.45) is 0.248. The number of nitrogens with one attached hydrogen (secondary N) is 1. The average molecular weight is 472 g/mol. The molecule has 10 heteroatoms. The van der Waals surface area contributed by atoms with Crippen LogP contribution in [-0.2, 0) is 13.0 Å². The van der Waals surface area contributed by atoms with Crippen LogP contribution in [0.15, 0.2) is 42.5 Å². The Kier molecular flexibility index (Phi) is 6.10. The number of aromatic carboxylic acids is 1. The molecule has 0 aliphatic carbocycles. The van der Waals surface area contributed by atoms with Crippen LogP contribution in [-0.4, -0.2) is 41.4 Å². The number of hydrogen-bond acceptors (Lipinski definition) is 5. The van der Waals surface area contributed by atoms with Crippen LogP contribution in [0.1, 0.15) is 41.5 Å². The zero-order valence-electron chi connectivity index (χ0n) is 17.4. The topological polar surface area (TPSA) is 95.9 Å². The second-order valence-electron chi connectivity index (χ2n) is 7.30. The number of fused-ring (bicyclic) bond motifs is 1. The van der Waals surface area contributed by atoms with Gasteiger partial charge in [0, 0.05) is 22.5 Å². The summed E-state index contributed by atoms with van der Waals surface area (Å²) >= 11 is 1.07. The lowest BCUT2D eigenvalue weighted by molar-refractivity contribution is 0.0696. The number of methoxy groups -OCH3 is 1. The van der Waals surface area contributed by atoms with Crippen molar-refractivity contribution in [3.63, 3.8) is 0 Å². The highest BCUT2D eigenvalue weighted by molar-refractivity contribution is 7.17. The van der Waals surface area contributed by atoms with E-state index in [0.717, 1.165) is 23.5 Å². The van der Waals surface area contributed by atoms with E-state index in [2.05, 4.69) is 5.32 Å². The van der Waals surface area contributed by atoms with Crippen LogP contribution < -0.4 is 10.1 Å². The van der Waals surface area contributed by atoms with E-state index < -0.39 is 29.4 Å². The molecular weight excluding hydrogens is 454 g/mol. The Morgan fingerprint density at radius 1 is 1.09 bits per heavy atom. The average Bonchev–Trinajstić information content (AvgIpc) is 3.17. The van der Waals surface area contributed by atoms with Gasteiger partial charge in [0.15, 0.2) is 11.6 Å². The highest BCUT2D eigenvalue weighted by Gasteiger charge is 2.31. The molecule has 2 N–H and O–H groups in total. The molecule has 0 radical (unpaired) electrons. The zero-order chi connectivity index (χ0) is 23.7. The number of anilines is 1. The van der Waals surface area contributed by atoms with Gasteiger partial charge in [0.25, 0.3) is 11.8 Å². The SMILES string of the molecule is COc1cccc(C(=O)Nc2sc3c(c2C(=O)O)CCN(C(=O)c2ccc(F)c(F)c2)C3)c1. The van der Waals surface area contributed by atoms with Crippen LogP contribution >= 0.6 is 11.3 Å². The normalized spacial score (nSPS) is 12.8. The summed E-state index contributed by atoms with van der Waals surface area (Å²) in [5.41, 5.74) is 0.833. The summed E-state index contributed by atoms with van der Waals surface area (Å²) in [4.78, 5) is 39.5. The molecule has 0 spiro atoms. The largest absolute Gasteiger partial charge is 0.497 e. The first-order valence-corrected chi connectivity index (χ1v) is 10.7. The fourth-order valence-electron chi connectivity index (χ4n) is 3.64. The second kappa shape index (κ2) is 8.99. The molecule has 0 atom stereocenters. The van der Waals surface area contributed by atoms with Crippen molar-refractivity contribution in [2.45, 2.75) is 13.0 Å². The van der Waals surface area contributed by atoms with Gasteiger partial charge in [0.1, 0.15) is 10.8 Å². The molecule has 4 rings (SSSR count). The van der Waals surface area contributed by atoms with Crippen LogP contribution in [0, 0.1) is 11.6 Å². The number of rotatable bonds is 5. The van der Waals surface area contributed by atoms with E-state index in [-0.39, 0.29) is 35.6 Å². The molecule has 2 heterocycles. The number of halogens is 2. The Labute approximate surface area is 191 Å². The first-order valence-electron chi connectivity index (χ1n) is 9.86. The summed E-state index contributed by atoms with van der Waals surface area (Å²) in [6, 6.07) is 9.36. The molecule has 1 aliphatic rings. The van der Waals surface area contributed by atoms with E-state index in [1.807, 2.05) is 0 Å². The smallest absolute Gasteiger partial charge is 0.339 e. The van der Waals surface area contributed by atoms with Gasteiger partial charge in [-0.05, 0) is 48.4 Å². The molecule has 0 fully saturated rings. The number of thiophene rings is 1. The number of ether oxygens (including phenoxy) is 1. The maximum atomic E-state index is 13.5. The van der Waals surface area contributed by atoms with Crippen LogP contribution in [0.2, 0.25) is 0 Å². The number of carbonyl (C=O) groups excluding carboxylic acids is 2. The fraction of sp³-hybridized carbons (Fsp3) is 0.174. The number of carboxylic acid groups (broad SMARTS) is 1. The van der Waals surface area contributed by atoms with E-state index in [1.54, 1.807) is 18.2 Å². The Hall–Kier alpha value is -3.79. The molecule has 0 unspecified atom stereocenters. The van der Waals surface area contributed by atoms with Gasteiger partial charge in [-0.25, -0.2) is 13.6 Å².